The predicted molar refractivity (Wildman–Crippen MR) is 53.7 cm³/mol. The van der Waals surface area contributed by atoms with Crippen LogP contribution >= 0.6 is 0 Å². The average Bonchev–Trinajstić information content (AvgIpc) is 2.44. The zero-order chi connectivity index (χ0) is 12.6. The molecule has 0 aromatic carbocycles. The number of hydrogen-bond acceptors (Lipinski definition) is 4. The van der Waals surface area contributed by atoms with Crippen molar-refractivity contribution < 1.29 is 21.6 Å². The fourth-order valence-corrected chi connectivity index (χ4v) is 3.67. The fraction of sp³-hybridized carbons (Fsp3) is 1.00. The number of rotatable bonds is 3. The smallest absolute Gasteiger partial charge is 0.329 e. The van der Waals surface area contributed by atoms with Gasteiger partial charge in [0.1, 0.15) is 6.04 Å². The molecule has 1 saturated heterocycles. The third-order valence-corrected chi connectivity index (χ3v) is 4.63. The summed E-state index contributed by atoms with van der Waals surface area (Å²) in [5.41, 5.74) is 5.08. The lowest BCUT2D eigenvalue weighted by Gasteiger charge is -2.32. The summed E-state index contributed by atoms with van der Waals surface area (Å²) in [7, 11) is -1.90. The Morgan fingerprint density at radius 2 is 2.06 bits per heavy atom. The molecule has 0 radical (unpaired) electrons. The topological polar surface area (TPSA) is 63.4 Å². The minimum absolute atomic E-state index is 0.0445. The van der Waals surface area contributed by atoms with Crippen molar-refractivity contribution in [3.8, 4) is 0 Å². The minimum atomic E-state index is -4.42. The molecule has 16 heavy (non-hydrogen) atoms. The van der Waals surface area contributed by atoms with E-state index in [0.717, 1.165) is 4.90 Å². The number of halogens is 3. The van der Waals surface area contributed by atoms with Crippen LogP contribution in [-0.2, 0) is 9.84 Å². The van der Waals surface area contributed by atoms with E-state index in [1.165, 1.54) is 7.05 Å². The van der Waals surface area contributed by atoms with Gasteiger partial charge >= 0.3 is 6.18 Å². The van der Waals surface area contributed by atoms with Crippen molar-refractivity contribution in [3.05, 3.63) is 0 Å². The van der Waals surface area contributed by atoms with Gasteiger partial charge in [-0.1, -0.05) is 0 Å². The zero-order valence-corrected chi connectivity index (χ0v) is 9.68. The molecule has 1 heterocycles. The second-order valence-corrected chi connectivity index (χ2v) is 6.24. The maximum atomic E-state index is 12.5. The summed E-state index contributed by atoms with van der Waals surface area (Å²) in [5, 5.41) is 0. The normalized spacial score (nSPS) is 27.2. The van der Waals surface area contributed by atoms with E-state index < -0.39 is 34.6 Å². The van der Waals surface area contributed by atoms with Crippen molar-refractivity contribution in [2.24, 2.45) is 5.73 Å². The van der Waals surface area contributed by atoms with Crippen LogP contribution in [0, 0.1) is 0 Å². The highest BCUT2D eigenvalue weighted by atomic mass is 32.2. The molecule has 8 heteroatoms. The molecule has 1 rings (SSSR count). The van der Waals surface area contributed by atoms with Crippen molar-refractivity contribution in [2.75, 3.05) is 25.1 Å². The van der Waals surface area contributed by atoms with E-state index in [1.54, 1.807) is 0 Å². The lowest BCUT2D eigenvalue weighted by atomic mass is 10.1. The van der Waals surface area contributed by atoms with Crippen molar-refractivity contribution in [3.63, 3.8) is 0 Å². The van der Waals surface area contributed by atoms with Gasteiger partial charge < -0.3 is 5.73 Å². The van der Waals surface area contributed by atoms with Crippen molar-refractivity contribution >= 4 is 9.84 Å². The van der Waals surface area contributed by atoms with Crippen LogP contribution in [0.4, 0.5) is 13.2 Å². The number of likely N-dealkylation sites (N-methyl/N-ethyl adjacent to an activating group) is 1. The molecule has 2 atom stereocenters. The number of hydrogen-bond donors (Lipinski definition) is 1. The molecule has 2 unspecified atom stereocenters. The van der Waals surface area contributed by atoms with Crippen LogP contribution < -0.4 is 5.73 Å². The highest BCUT2D eigenvalue weighted by molar-refractivity contribution is 7.91. The summed E-state index contributed by atoms with van der Waals surface area (Å²) in [6.45, 7) is -0.559. The molecular formula is C8H15F3N2O2S. The standard InChI is InChI=1S/C8H15F3N2O2S/c1-13(7(4-12)8(9,10)11)6-2-3-16(14,15)5-6/h6-7H,2-5,12H2,1H3. The van der Waals surface area contributed by atoms with E-state index in [1.807, 2.05) is 0 Å². The van der Waals surface area contributed by atoms with Gasteiger partial charge in [-0.25, -0.2) is 8.42 Å². The summed E-state index contributed by atoms with van der Waals surface area (Å²) in [6.07, 6.45) is -4.18. The molecule has 1 aliphatic heterocycles. The van der Waals surface area contributed by atoms with Crippen LogP contribution in [-0.4, -0.2) is 56.7 Å². The van der Waals surface area contributed by atoms with Crippen LogP contribution in [0.15, 0.2) is 0 Å². The third kappa shape index (κ3) is 3.08. The first-order valence-electron chi connectivity index (χ1n) is 4.86. The molecule has 0 aromatic rings. The summed E-state index contributed by atoms with van der Waals surface area (Å²) in [6, 6.07) is -2.36. The van der Waals surface area contributed by atoms with Gasteiger partial charge in [0.15, 0.2) is 9.84 Å². The summed E-state index contributed by atoms with van der Waals surface area (Å²) in [5.74, 6) is -0.257. The molecule has 4 nitrogen and oxygen atoms in total. The second-order valence-electron chi connectivity index (χ2n) is 4.02. The van der Waals surface area contributed by atoms with Crippen molar-refractivity contribution in [1.82, 2.24) is 4.90 Å². The second kappa shape index (κ2) is 4.50. The number of nitrogens with two attached hydrogens (primary N) is 1. The fourth-order valence-electron chi connectivity index (χ4n) is 1.88. The van der Waals surface area contributed by atoms with Gasteiger partial charge in [-0.05, 0) is 13.5 Å². The quantitative estimate of drug-likeness (QED) is 0.775. The van der Waals surface area contributed by atoms with Gasteiger partial charge in [-0.15, -0.1) is 0 Å². The van der Waals surface area contributed by atoms with E-state index in [2.05, 4.69) is 0 Å². The number of alkyl halides is 3. The molecule has 0 aliphatic carbocycles. The van der Waals surface area contributed by atoms with Gasteiger partial charge in [0.25, 0.3) is 0 Å². The summed E-state index contributed by atoms with van der Waals surface area (Å²) >= 11 is 0. The maximum Gasteiger partial charge on any atom is 0.405 e. The monoisotopic (exact) mass is 260 g/mol. The highest BCUT2D eigenvalue weighted by Crippen LogP contribution is 2.27. The van der Waals surface area contributed by atoms with Gasteiger partial charge in [0, 0.05) is 12.6 Å². The first-order valence-corrected chi connectivity index (χ1v) is 6.68. The number of nitrogens with zero attached hydrogens (tertiary/aromatic N) is 1. The predicted octanol–water partition coefficient (Wildman–Crippen LogP) is -0.00510. The van der Waals surface area contributed by atoms with Crippen LogP contribution in [0.2, 0.25) is 0 Å². The van der Waals surface area contributed by atoms with Crippen LogP contribution in [0.5, 0.6) is 0 Å². The third-order valence-electron chi connectivity index (χ3n) is 2.88. The van der Waals surface area contributed by atoms with E-state index in [0.29, 0.717) is 0 Å². The molecule has 0 amide bonds. The zero-order valence-electron chi connectivity index (χ0n) is 8.87. The highest BCUT2D eigenvalue weighted by Gasteiger charge is 2.45. The lowest BCUT2D eigenvalue weighted by Crippen LogP contribution is -2.52. The van der Waals surface area contributed by atoms with Gasteiger partial charge in [0.05, 0.1) is 11.5 Å². The molecule has 0 aromatic heterocycles. The first-order chi connectivity index (χ1) is 7.17. The Labute approximate surface area is 92.5 Å². The Kier molecular flexibility index (Phi) is 3.86. The van der Waals surface area contributed by atoms with E-state index in [9.17, 15) is 21.6 Å². The molecule has 2 N–H and O–H groups in total. The molecule has 96 valence electrons. The van der Waals surface area contributed by atoms with Crippen LogP contribution in [0.1, 0.15) is 6.42 Å². The van der Waals surface area contributed by atoms with Crippen LogP contribution in [0.25, 0.3) is 0 Å². The molecule has 1 fully saturated rings. The molecule has 0 saturated carbocycles. The largest absolute Gasteiger partial charge is 0.405 e. The summed E-state index contributed by atoms with van der Waals surface area (Å²) < 4.78 is 60.0. The van der Waals surface area contributed by atoms with Crippen molar-refractivity contribution in [1.29, 1.82) is 0 Å². The van der Waals surface area contributed by atoms with Gasteiger partial charge in [-0.3, -0.25) is 4.90 Å². The minimum Gasteiger partial charge on any atom is -0.329 e. The van der Waals surface area contributed by atoms with Crippen LogP contribution in [0.3, 0.4) is 0 Å². The Bertz CT molecular complexity index is 342. The van der Waals surface area contributed by atoms with Gasteiger partial charge in [0.2, 0.25) is 0 Å². The van der Waals surface area contributed by atoms with E-state index >= 15 is 0 Å². The lowest BCUT2D eigenvalue weighted by molar-refractivity contribution is -0.181. The molecule has 0 bridgehead atoms. The number of sulfone groups is 1. The summed E-state index contributed by atoms with van der Waals surface area (Å²) in [4.78, 5) is 1.03. The molecular weight excluding hydrogens is 245 g/mol. The Morgan fingerprint density at radius 3 is 2.38 bits per heavy atom. The van der Waals surface area contributed by atoms with E-state index in [4.69, 9.17) is 5.73 Å². The first kappa shape index (κ1) is 13.7. The molecule has 1 aliphatic rings. The Morgan fingerprint density at radius 1 is 1.50 bits per heavy atom. The average molecular weight is 260 g/mol. The Balaban J connectivity index is 2.74. The Hall–Kier alpha value is -0.340. The van der Waals surface area contributed by atoms with E-state index in [-0.39, 0.29) is 17.9 Å². The van der Waals surface area contributed by atoms with Crippen molar-refractivity contribution in [2.45, 2.75) is 24.7 Å². The maximum absolute atomic E-state index is 12.5. The van der Waals surface area contributed by atoms with Gasteiger partial charge in [-0.2, -0.15) is 13.2 Å². The SMILES string of the molecule is CN(C1CCS(=O)(=O)C1)C(CN)C(F)(F)F. The molecule has 0 spiro atoms.